The van der Waals surface area contributed by atoms with Crippen molar-refractivity contribution in [3.63, 3.8) is 0 Å². The summed E-state index contributed by atoms with van der Waals surface area (Å²) in [4.78, 5) is 47.0. The number of nitrogens with one attached hydrogen (secondary N) is 2. The van der Waals surface area contributed by atoms with Crippen LogP contribution in [0.25, 0.3) is 0 Å². The highest BCUT2D eigenvalue weighted by Gasteiger charge is 2.16. The molecule has 3 amide bonds. The number of carbonyl (C=O) groups excluding carboxylic acids is 4. The molecule has 0 atom stereocenters. The Hall–Kier alpha value is -3.48. The van der Waals surface area contributed by atoms with Gasteiger partial charge in [0.25, 0.3) is 11.8 Å². The summed E-state index contributed by atoms with van der Waals surface area (Å²) in [6.07, 6.45) is 0. The molecule has 152 valence electrons. The molecule has 0 heterocycles. The van der Waals surface area contributed by atoms with Gasteiger partial charge in [-0.25, -0.2) is 4.79 Å². The molecule has 0 bridgehead atoms. The van der Waals surface area contributed by atoms with Crippen LogP contribution in [0.2, 0.25) is 0 Å². The first-order valence-electron chi connectivity index (χ1n) is 9.06. The maximum Gasteiger partial charge on any atom is 0.338 e. The minimum absolute atomic E-state index is 0.0423. The van der Waals surface area contributed by atoms with Gasteiger partial charge >= 0.3 is 5.97 Å². The molecule has 0 radical (unpaired) electrons. The monoisotopic (exact) mass is 396 g/mol. The van der Waals surface area contributed by atoms with Gasteiger partial charge in [-0.15, -0.1) is 0 Å². The van der Waals surface area contributed by atoms with E-state index in [0.29, 0.717) is 11.3 Å². The molecule has 0 aliphatic rings. The van der Waals surface area contributed by atoms with Crippen LogP contribution in [-0.2, 0) is 19.7 Å². The van der Waals surface area contributed by atoms with Crippen molar-refractivity contribution >= 4 is 29.4 Å². The van der Waals surface area contributed by atoms with Crippen LogP contribution in [0.1, 0.15) is 54.0 Å². The minimum atomic E-state index is -0.724. The van der Waals surface area contributed by atoms with Crippen LogP contribution in [0.4, 0.5) is 5.69 Å². The van der Waals surface area contributed by atoms with Crippen molar-refractivity contribution in [2.45, 2.75) is 33.1 Å². The highest BCUT2D eigenvalue weighted by molar-refractivity contribution is 6.05. The fourth-order valence-electron chi connectivity index (χ4n) is 2.46. The molecule has 2 rings (SSSR count). The first kappa shape index (κ1) is 21.8. The van der Waals surface area contributed by atoms with Gasteiger partial charge in [0.1, 0.15) is 0 Å². The smallest absolute Gasteiger partial charge is 0.338 e. The molecule has 0 aliphatic heterocycles. The zero-order chi connectivity index (χ0) is 21.6. The van der Waals surface area contributed by atoms with Gasteiger partial charge in [0.15, 0.2) is 6.61 Å². The number of anilines is 1. The standard InChI is InChI=1S/C22H24N2O5/c1-14(25)23-18-11-7-16(8-12-18)21(28)29-13-19(26)24-20(27)15-5-9-17(10-6-15)22(2,3)4/h5-12H,13H2,1-4H3,(H,23,25)(H,24,26,27). The molecule has 0 unspecified atom stereocenters. The van der Waals surface area contributed by atoms with E-state index in [0.717, 1.165) is 5.56 Å². The lowest BCUT2D eigenvalue weighted by molar-refractivity contribution is -0.123. The lowest BCUT2D eigenvalue weighted by atomic mass is 9.87. The number of carbonyl (C=O) groups is 4. The molecule has 29 heavy (non-hydrogen) atoms. The molecule has 2 N–H and O–H groups in total. The highest BCUT2D eigenvalue weighted by Crippen LogP contribution is 2.22. The Morgan fingerprint density at radius 1 is 0.862 bits per heavy atom. The fourth-order valence-corrected chi connectivity index (χ4v) is 2.46. The predicted molar refractivity (Wildman–Crippen MR) is 109 cm³/mol. The van der Waals surface area contributed by atoms with Crippen molar-refractivity contribution in [2.75, 3.05) is 11.9 Å². The van der Waals surface area contributed by atoms with Crippen LogP contribution in [0.15, 0.2) is 48.5 Å². The lowest BCUT2D eigenvalue weighted by Crippen LogP contribution is -2.34. The second-order valence-corrected chi connectivity index (χ2v) is 7.54. The average molecular weight is 396 g/mol. The zero-order valence-electron chi connectivity index (χ0n) is 16.9. The summed E-state index contributed by atoms with van der Waals surface area (Å²) >= 11 is 0. The summed E-state index contributed by atoms with van der Waals surface area (Å²) in [6.45, 7) is 6.98. The molecule has 0 aromatic heterocycles. The van der Waals surface area contributed by atoms with Crippen LogP contribution in [-0.4, -0.2) is 30.3 Å². The van der Waals surface area contributed by atoms with Gasteiger partial charge in [-0.1, -0.05) is 32.9 Å². The van der Waals surface area contributed by atoms with E-state index < -0.39 is 24.4 Å². The van der Waals surface area contributed by atoms with Crippen LogP contribution < -0.4 is 10.6 Å². The Kier molecular flexibility index (Phi) is 6.88. The Labute approximate surface area is 169 Å². The lowest BCUT2D eigenvalue weighted by Gasteiger charge is -2.19. The van der Waals surface area contributed by atoms with E-state index in [9.17, 15) is 19.2 Å². The molecule has 2 aromatic carbocycles. The average Bonchev–Trinajstić information content (AvgIpc) is 2.65. The third-order valence-corrected chi connectivity index (χ3v) is 4.04. The van der Waals surface area contributed by atoms with Crippen molar-refractivity contribution in [1.29, 1.82) is 0 Å². The van der Waals surface area contributed by atoms with Crippen molar-refractivity contribution in [3.05, 3.63) is 65.2 Å². The summed E-state index contributed by atoms with van der Waals surface area (Å²) in [5, 5.41) is 4.77. The summed E-state index contributed by atoms with van der Waals surface area (Å²) in [7, 11) is 0. The quantitative estimate of drug-likeness (QED) is 0.757. The second kappa shape index (κ2) is 9.14. The molecule has 0 saturated carbocycles. The summed E-state index contributed by atoms with van der Waals surface area (Å²) < 4.78 is 4.92. The van der Waals surface area contributed by atoms with Crippen molar-refractivity contribution in [2.24, 2.45) is 0 Å². The van der Waals surface area contributed by atoms with Crippen LogP contribution in [0, 0.1) is 0 Å². The fraction of sp³-hybridized carbons (Fsp3) is 0.273. The number of hydrogen-bond donors (Lipinski definition) is 2. The van der Waals surface area contributed by atoms with Crippen molar-refractivity contribution < 1.29 is 23.9 Å². The van der Waals surface area contributed by atoms with E-state index in [-0.39, 0.29) is 16.9 Å². The van der Waals surface area contributed by atoms with Crippen LogP contribution in [0.5, 0.6) is 0 Å². The molecule has 2 aromatic rings. The number of hydrogen-bond acceptors (Lipinski definition) is 5. The molecule has 0 aliphatic carbocycles. The van der Waals surface area contributed by atoms with E-state index in [1.165, 1.54) is 19.1 Å². The van der Waals surface area contributed by atoms with Crippen molar-refractivity contribution in [1.82, 2.24) is 5.32 Å². The van der Waals surface area contributed by atoms with Gasteiger partial charge in [-0.3, -0.25) is 19.7 Å². The summed E-state index contributed by atoms with van der Waals surface area (Å²) in [6, 6.07) is 13.0. The van der Waals surface area contributed by atoms with E-state index >= 15 is 0 Å². The predicted octanol–water partition coefficient (Wildman–Crippen LogP) is 3.06. The largest absolute Gasteiger partial charge is 0.452 e. The number of benzene rings is 2. The zero-order valence-corrected chi connectivity index (χ0v) is 16.9. The number of rotatable bonds is 5. The maximum atomic E-state index is 12.1. The number of amides is 3. The van der Waals surface area contributed by atoms with Gasteiger partial charge in [0, 0.05) is 18.2 Å². The van der Waals surface area contributed by atoms with E-state index in [1.807, 2.05) is 12.1 Å². The number of imide groups is 1. The molecular weight excluding hydrogens is 372 g/mol. The second-order valence-electron chi connectivity index (χ2n) is 7.54. The van der Waals surface area contributed by atoms with E-state index in [2.05, 4.69) is 31.4 Å². The molecule has 7 nitrogen and oxygen atoms in total. The Bertz CT molecular complexity index is 910. The van der Waals surface area contributed by atoms with Gasteiger partial charge in [0.05, 0.1) is 5.56 Å². The number of ether oxygens (including phenoxy) is 1. The third-order valence-electron chi connectivity index (χ3n) is 4.04. The van der Waals surface area contributed by atoms with E-state index in [4.69, 9.17) is 4.74 Å². The Balaban J connectivity index is 1.86. The third kappa shape index (κ3) is 6.57. The normalized spacial score (nSPS) is 10.8. The first-order valence-corrected chi connectivity index (χ1v) is 9.06. The summed E-state index contributed by atoms with van der Waals surface area (Å²) in [5.41, 5.74) is 2.12. The van der Waals surface area contributed by atoms with Gasteiger partial charge in [-0.05, 0) is 47.4 Å². The van der Waals surface area contributed by atoms with Gasteiger partial charge < -0.3 is 10.1 Å². The first-order chi connectivity index (χ1) is 13.6. The molecular formula is C22H24N2O5. The summed E-state index contributed by atoms with van der Waals surface area (Å²) in [5.74, 6) is -2.23. The minimum Gasteiger partial charge on any atom is -0.452 e. The molecule has 7 heteroatoms. The topological polar surface area (TPSA) is 102 Å². The molecule has 0 saturated heterocycles. The molecule has 0 spiro atoms. The van der Waals surface area contributed by atoms with Gasteiger partial charge in [-0.2, -0.15) is 0 Å². The Morgan fingerprint density at radius 3 is 1.93 bits per heavy atom. The van der Waals surface area contributed by atoms with Crippen molar-refractivity contribution in [3.8, 4) is 0 Å². The van der Waals surface area contributed by atoms with Crippen LogP contribution in [0.3, 0.4) is 0 Å². The Morgan fingerprint density at radius 2 is 1.41 bits per heavy atom. The SMILES string of the molecule is CC(=O)Nc1ccc(C(=O)OCC(=O)NC(=O)c2ccc(C(C)(C)C)cc2)cc1. The van der Waals surface area contributed by atoms with Crippen LogP contribution >= 0.6 is 0 Å². The highest BCUT2D eigenvalue weighted by atomic mass is 16.5. The van der Waals surface area contributed by atoms with Gasteiger partial charge in [0.2, 0.25) is 5.91 Å². The van der Waals surface area contributed by atoms with E-state index in [1.54, 1.807) is 24.3 Å². The maximum absolute atomic E-state index is 12.1. The molecule has 0 fully saturated rings. The number of esters is 1.